The second kappa shape index (κ2) is 14.8. The minimum atomic E-state index is -4.98. The Hall–Kier alpha value is -4.08. The number of carbonyl (C=O) groups excluding carboxylic acids is 3. The second-order valence-corrected chi connectivity index (χ2v) is 15.2. The van der Waals surface area contributed by atoms with E-state index in [4.69, 9.17) is 32.7 Å². The molecule has 0 aliphatic rings. The Kier molecular flexibility index (Phi) is 11.9. The first-order chi connectivity index (χ1) is 22.4. The fraction of sp³-hybridized carbons (Fsp3) is 0.375. The van der Waals surface area contributed by atoms with E-state index in [2.05, 4.69) is 4.98 Å². The van der Waals surface area contributed by atoms with E-state index in [1.165, 1.54) is 70.3 Å². The number of benzene rings is 2. The van der Waals surface area contributed by atoms with Gasteiger partial charge in [0.25, 0.3) is 5.91 Å². The Morgan fingerprint density at radius 2 is 1.41 bits per heavy atom. The van der Waals surface area contributed by atoms with Gasteiger partial charge in [0, 0.05) is 12.6 Å². The van der Waals surface area contributed by atoms with Crippen LogP contribution in [0.2, 0.25) is 10.0 Å². The van der Waals surface area contributed by atoms with Crippen LogP contribution in [-0.2, 0) is 37.2 Å². The van der Waals surface area contributed by atoms with Crippen molar-refractivity contribution in [2.75, 3.05) is 22.8 Å². The molecule has 3 aromatic rings. The molecule has 17 heteroatoms. The highest BCUT2D eigenvalue weighted by atomic mass is 35.5. The smallest absolute Gasteiger partial charge is 0.433 e. The lowest BCUT2D eigenvalue weighted by Crippen LogP contribution is -2.51. The van der Waals surface area contributed by atoms with Gasteiger partial charge in [0.15, 0.2) is 0 Å². The zero-order chi connectivity index (χ0) is 37.1. The number of pyridine rings is 1. The topological polar surface area (TPSA) is 126 Å². The summed E-state index contributed by atoms with van der Waals surface area (Å²) in [5.74, 6) is -1.69. The first-order valence-electron chi connectivity index (χ1n) is 14.5. The quantitative estimate of drug-likeness (QED) is 0.206. The van der Waals surface area contributed by atoms with E-state index in [1.54, 1.807) is 20.8 Å². The first kappa shape index (κ1) is 39.4. The normalized spacial score (nSPS) is 12.2. The number of anilines is 2. The molecular formula is C32H35Cl2F3N4O7S. The lowest BCUT2D eigenvalue weighted by molar-refractivity contribution is -0.155. The van der Waals surface area contributed by atoms with Crippen molar-refractivity contribution in [3.05, 3.63) is 87.7 Å². The van der Waals surface area contributed by atoms with Gasteiger partial charge in [-0.2, -0.15) is 25.9 Å². The second-order valence-electron chi connectivity index (χ2n) is 12.6. The van der Waals surface area contributed by atoms with E-state index in [-0.39, 0.29) is 36.9 Å². The van der Waals surface area contributed by atoms with Crippen molar-refractivity contribution in [2.45, 2.75) is 65.5 Å². The molecule has 2 amide bonds. The van der Waals surface area contributed by atoms with Crippen molar-refractivity contribution < 1.29 is 45.4 Å². The van der Waals surface area contributed by atoms with Gasteiger partial charge in [-0.25, -0.2) is 14.1 Å². The fourth-order valence-electron chi connectivity index (χ4n) is 4.13. The predicted molar refractivity (Wildman–Crippen MR) is 179 cm³/mol. The number of halogens is 5. The van der Waals surface area contributed by atoms with Crippen LogP contribution in [0.4, 0.5) is 29.3 Å². The van der Waals surface area contributed by atoms with Gasteiger partial charge < -0.3 is 14.4 Å². The molecule has 0 radical (unpaired) electrons. The lowest BCUT2D eigenvalue weighted by atomic mass is 10.1. The average molecular weight is 748 g/mol. The number of amides is 2. The highest BCUT2D eigenvalue weighted by Crippen LogP contribution is 2.32. The minimum Gasteiger partial charge on any atom is -0.459 e. The molecule has 0 atom stereocenters. The molecule has 11 nitrogen and oxygen atoms in total. The van der Waals surface area contributed by atoms with E-state index >= 15 is 0 Å². The van der Waals surface area contributed by atoms with E-state index < -0.39 is 64.3 Å². The van der Waals surface area contributed by atoms with E-state index in [1.807, 2.05) is 0 Å². The average Bonchev–Trinajstić information content (AvgIpc) is 2.97. The molecule has 1 heterocycles. The zero-order valence-corrected chi connectivity index (χ0v) is 30.0. The third kappa shape index (κ3) is 10.5. The van der Waals surface area contributed by atoms with Gasteiger partial charge >= 0.3 is 28.4 Å². The van der Waals surface area contributed by atoms with Crippen LogP contribution in [0.5, 0.6) is 0 Å². The molecule has 0 saturated carbocycles. The van der Waals surface area contributed by atoms with Crippen molar-refractivity contribution in [1.82, 2.24) is 9.29 Å². The molecule has 0 spiro atoms. The molecule has 0 saturated heterocycles. The van der Waals surface area contributed by atoms with Gasteiger partial charge in [0.2, 0.25) is 0 Å². The maximum absolute atomic E-state index is 14.4. The maximum Gasteiger partial charge on any atom is 0.433 e. The molecule has 0 aliphatic heterocycles. The number of ether oxygens (including phenoxy) is 2. The number of hydrogen-bond acceptors (Lipinski definition) is 8. The van der Waals surface area contributed by atoms with Crippen molar-refractivity contribution >= 4 is 62.8 Å². The number of rotatable bonds is 9. The van der Waals surface area contributed by atoms with E-state index in [9.17, 15) is 36.0 Å². The highest BCUT2D eigenvalue weighted by Gasteiger charge is 2.40. The number of esters is 1. The van der Waals surface area contributed by atoms with Gasteiger partial charge in [-0.05, 0) is 89.6 Å². The summed E-state index contributed by atoms with van der Waals surface area (Å²) in [6.45, 7) is 7.72. The van der Waals surface area contributed by atoms with Gasteiger partial charge in [0.05, 0.1) is 34.2 Å². The van der Waals surface area contributed by atoms with Crippen LogP contribution in [0.1, 0.15) is 63.2 Å². The summed E-state index contributed by atoms with van der Waals surface area (Å²) in [4.78, 5) is 43.9. The van der Waals surface area contributed by atoms with Gasteiger partial charge in [-0.15, -0.1) is 0 Å². The largest absolute Gasteiger partial charge is 0.459 e. The molecule has 1 aromatic heterocycles. The monoisotopic (exact) mass is 746 g/mol. The Bertz CT molecular complexity index is 1790. The summed E-state index contributed by atoms with van der Waals surface area (Å²) in [5.41, 5.74) is -3.04. The summed E-state index contributed by atoms with van der Waals surface area (Å²) in [5, 5.41) is 0.148. The molecular weight excluding hydrogens is 712 g/mol. The molecule has 266 valence electrons. The summed E-state index contributed by atoms with van der Waals surface area (Å²) in [7, 11) is -3.65. The van der Waals surface area contributed by atoms with Crippen LogP contribution in [0.25, 0.3) is 0 Å². The molecule has 2 aromatic carbocycles. The van der Waals surface area contributed by atoms with Gasteiger partial charge in [-0.3, -0.25) is 9.59 Å². The molecule has 0 bridgehead atoms. The Balaban J connectivity index is 2.08. The van der Waals surface area contributed by atoms with E-state index in [0.29, 0.717) is 0 Å². The zero-order valence-electron chi connectivity index (χ0n) is 27.6. The lowest BCUT2D eigenvalue weighted by Gasteiger charge is -2.33. The van der Waals surface area contributed by atoms with Gasteiger partial charge in [-0.1, -0.05) is 35.3 Å². The van der Waals surface area contributed by atoms with Crippen molar-refractivity contribution in [1.29, 1.82) is 0 Å². The molecule has 0 N–H and O–H groups in total. The maximum atomic E-state index is 14.4. The van der Waals surface area contributed by atoms with Crippen LogP contribution in [0.3, 0.4) is 0 Å². The van der Waals surface area contributed by atoms with Crippen LogP contribution in [0, 0.1) is 0 Å². The fourth-order valence-corrected chi connectivity index (χ4v) is 5.93. The summed E-state index contributed by atoms with van der Waals surface area (Å²) in [6, 6.07) is 11.4. The minimum absolute atomic E-state index is 0.0268. The molecule has 0 fully saturated rings. The molecule has 49 heavy (non-hydrogen) atoms. The van der Waals surface area contributed by atoms with Gasteiger partial charge in [0.1, 0.15) is 23.4 Å². The van der Waals surface area contributed by atoms with E-state index in [0.717, 1.165) is 27.5 Å². The summed E-state index contributed by atoms with van der Waals surface area (Å²) < 4.78 is 79.2. The van der Waals surface area contributed by atoms with Crippen LogP contribution < -0.4 is 9.21 Å². The Morgan fingerprint density at radius 3 is 1.92 bits per heavy atom. The molecule has 0 unspecified atom stereocenters. The van der Waals surface area contributed by atoms with Crippen LogP contribution in [0.15, 0.2) is 60.8 Å². The highest BCUT2D eigenvalue weighted by molar-refractivity contribution is 7.91. The Morgan fingerprint density at radius 1 is 0.837 bits per heavy atom. The summed E-state index contributed by atoms with van der Waals surface area (Å²) >= 11 is 12.6. The number of alkyl halides is 3. The standard InChI is InChI=1S/C32H35Cl2F3N4O7S/c1-30(2,3)47-26(42)19-41(29(44)48-31(4,5)6)49(45,46)40(18-21-9-8-10-24(33)27(21)34)22-13-11-20(12-14-22)28(43)39(7)23-15-16-25(38-17-23)32(35,36)37/h8-17H,18-19H2,1-7H3. The Labute approximate surface area is 292 Å². The van der Waals surface area contributed by atoms with Crippen molar-refractivity contribution in [2.24, 2.45) is 0 Å². The summed E-state index contributed by atoms with van der Waals surface area (Å²) in [6.07, 6.45) is -5.13. The third-order valence-electron chi connectivity index (χ3n) is 6.32. The molecule has 3 rings (SSSR count). The third-order valence-corrected chi connectivity index (χ3v) is 8.92. The number of nitrogens with zero attached hydrogens (tertiary/aromatic N) is 4. The van der Waals surface area contributed by atoms with Crippen molar-refractivity contribution in [3.8, 4) is 0 Å². The number of hydrogen-bond donors (Lipinski definition) is 0. The van der Waals surface area contributed by atoms with Crippen LogP contribution in [-0.4, -0.2) is 60.5 Å². The predicted octanol–water partition coefficient (Wildman–Crippen LogP) is 7.51. The first-order valence-corrected chi connectivity index (χ1v) is 16.7. The van der Waals surface area contributed by atoms with Crippen molar-refractivity contribution in [3.63, 3.8) is 0 Å². The SMILES string of the molecule is CN(C(=O)c1ccc(N(Cc2cccc(Cl)c2Cl)S(=O)(=O)N(CC(=O)OC(C)(C)C)C(=O)OC(C)(C)C)cc1)c1ccc(C(F)(F)F)nc1. The number of carbonyl (C=O) groups is 3. The van der Waals surface area contributed by atoms with Crippen LogP contribution >= 0.6 is 23.2 Å². The number of aromatic nitrogens is 1. The molecule has 0 aliphatic carbocycles.